The van der Waals surface area contributed by atoms with Crippen molar-refractivity contribution in [3.8, 4) is 0 Å². The van der Waals surface area contributed by atoms with Crippen LogP contribution in [0, 0.1) is 6.92 Å². The lowest BCUT2D eigenvalue weighted by Gasteiger charge is -2.43. The van der Waals surface area contributed by atoms with Gasteiger partial charge in [-0.05, 0) is 94.5 Å². The van der Waals surface area contributed by atoms with Gasteiger partial charge in [0.2, 0.25) is 17.8 Å². The van der Waals surface area contributed by atoms with Gasteiger partial charge in [-0.1, -0.05) is 25.0 Å². The number of piperidine rings is 2. The smallest absolute Gasteiger partial charge is 0.263 e. The van der Waals surface area contributed by atoms with Crippen LogP contribution >= 0.6 is 0 Å². The number of allylic oxidation sites excluding steroid dienone is 2. The first kappa shape index (κ1) is 37.8. The number of pyridine rings is 1. The number of ether oxygens (including phenoxy) is 1. The van der Waals surface area contributed by atoms with E-state index in [1.165, 1.54) is 12.6 Å². The van der Waals surface area contributed by atoms with Crippen molar-refractivity contribution in [2.24, 2.45) is 0 Å². The van der Waals surface area contributed by atoms with Crippen molar-refractivity contribution < 1.29 is 19.1 Å². The van der Waals surface area contributed by atoms with Gasteiger partial charge in [0, 0.05) is 68.5 Å². The summed E-state index contributed by atoms with van der Waals surface area (Å²) in [5.41, 5.74) is 3.34. The molecule has 14 heteroatoms. The fourth-order valence-corrected chi connectivity index (χ4v) is 9.18. The van der Waals surface area contributed by atoms with Gasteiger partial charge in [0.25, 0.3) is 5.56 Å². The second-order valence-corrected chi connectivity index (χ2v) is 15.8. The monoisotopic (exact) mass is 763 g/mol. The average Bonchev–Trinajstić information content (AvgIpc) is 3.74. The number of fused-ring (bicyclic) bond motifs is 1. The zero-order valence-corrected chi connectivity index (χ0v) is 32.5. The quantitative estimate of drug-likeness (QED) is 0.191. The Morgan fingerprint density at radius 2 is 1.68 bits per heavy atom. The lowest BCUT2D eigenvalue weighted by molar-refractivity contribution is -0.134. The van der Waals surface area contributed by atoms with Crippen LogP contribution in [0.5, 0.6) is 0 Å². The van der Waals surface area contributed by atoms with Crippen LogP contribution < -0.4 is 26.4 Å². The summed E-state index contributed by atoms with van der Waals surface area (Å²) < 4.78 is 7.89. The highest BCUT2D eigenvalue weighted by Gasteiger charge is 2.30. The number of benzene rings is 1. The molecule has 4 fully saturated rings. The molecule has 0 radical (unpaired) electrons. The van der Waals surface area contributed by atoms with E-state index in [-0.39, 0.29) is 40.7 Å². The largest absolute Gasteiger partial charge is 0.495 e. The Morgan fingerprint density at radius 3 is 2.36 bits per heavy atom. The van der Waals surface area contributed by atoms with Gasteiger partial charge in [0.15, 0.2) is 5.78 Å². The minimum atomic E-state index is -0.257. The van der Waals surface area contributed by atoms with E-state index in [0.29, 0.717) is 49.2 Å². The molecule has 3 saturated heterocycles. The van der Waals surface area contributed by atoms with Crippen molar-refractivity contribution in [1.29, 1.82) is 0 Å². The number of hydrogen-bond acceptors (Lipinski definition) is 12. The molecule has 5 aliphatic rings. The van der Waals surface area contributed by atoms with E-state index in [0.717, 1.165) is 107 Å². The van der Waals surface area contributed by atoms with Gasteiger partial charge in [-0.2, -0.15) is 4.98 Å². The molecule has 56 heavy (non-hydrogen) atoms. The van der Waals surface area contributed by atoms with Crippen molar-refractivity contribution >= 4 is 40.3 Å². The highest BCUT2D eigenvalue weighted by molar-refractivity contribution is 6.01. The summed E-state index contributed by atoms with van der Waals surface area (Å²) in [7, 11) is 0. The van der Waals surface area contributed by atoms with E-state index in [4.69, 9.17) is 9.72 Å². The molecule has 4 aliphatic heterocycles. The minimum Gasteiger partial charge on any atom is -0.495 e. The number of hydrogen-bond donors (Lipinski definition) is 3. The molecule has 2 amide bonds. The standard InChI is InChI=1S/C42H53N9O5/c1-27-35-26-44-42(47-39(35)51(32-5-3-4-6-32)41(55)38(27)28(2)52)45-36-13-11-33(25-43-36)56-24-23-48-17-15-31(16-18-48)50-21-19-49(20-22-50)30-9-7-29(8-10-30)34-12-14-37(53)46-40(34)54/h7-11,13,26,31-32,34,43H,3-6,12,14-25H2,1-2H3,(H,44,45,47)(H,46,53,54). The van der Waals surface area contributed by atoms with Crippen molar-refractivity contribution in [1.82, 2.24) is 35.0 Å². The number of Topliss-reactive ketones (excluding diaryl/α,β-unsaturated/α-hetero) is 1. The molecule has 1 unspecified atom stereocenters. The molecule has 1 atom stereocenters. The number of nitrogens with one attached hydrogen (secondary N) is 3. The summed E-state index contributed by atoms with van der Waals surface area (Å²) in [6, 6.07) is 8.96. The molecule has 8 rings (SSSR count). The number of ketones is 1. The molecule has 296 valence electrons. The van der Waals surface area contributed by atoms with E-state index in [1.807, 2.05) is 24.3 Å². The number of aromatic nitrogens is 3. The second-order valence-electron chi connectivity index (χ2n) is 15.8. The van der Waals surface area contributed by atoms with Crippen LogP contribution in [0.15, 0.2) is 59.0 Å². The topological polar surface area (TPSA) is 154 Å². The third-order valence-corrected chi connectivity index (χ3v) is 12.4. The van der Waals surface area contributed by atoms with Crippen LogP contribution in [0.2, 0.25) is 0 Å². The summed E-state index contributed by atoms with van der Waals surface area (Å²) in [6.45, 7) is 11.5. The molecule has 6 heterocycles. The number of likely N-dealkylation sites (tertiary alicyclic amines) is 1. The zero-order valence-electron chi connectivity index (χ0n) is 32.5. The molecule has 0 bridgehead atoms. The first-order valence-corrected chi connectivity index (χ1v) is 20.3. The third kappa shape index (κ3) is 8.08. The molecule has 0 spiro atoms. The Balaban J connectivity index is 0.779. The second kappa shape index (κ2) is 16.6. The van der Waals surface area contributed by atoms with E-state index in [2.05, 4.69) is 47.8 Å². The SMILES string of the molecule is CC(=O)c1c(C)c2cnc(NC3=CC=C(OCCN4CCC(N5CCN(c6ccc(C7CCC(=O)NC7=O)cc6)CC5)CC4)CN3)nc2n(C2CCCC2)c1=O. The van der Waals surface area contributed by atoms with E-state index in [1.54, 1.807) is 17.7 Å². The van der Waals surface area contributed by atoms with Crippen molar-refractivity contribution in [3.63, 3.8) is 0 Å². The van der Waals surface area contributed by atoms with Crippen molar-refractivity contribution in [2.75, 3.05) is 69.2 Å². The number of carbonyl (C=O) groups excluding carboxylic acids is 3. The summed E-state index contributed by atoms with van der Waals surface area (Å²) >= 11 is 0. The molecule has 3 aromatic rings. The normalized spacial score (nSPS) is 21.8. The van der Waals surface area contributed by atoms with Gasteiger partial charge >= 0.3 is 0 Å². The highest BCUT2D eigenvalue weighted by atomic mass is 16.5. The Labute approximate surface area is 327 Å². The molecule has 1 aliphatic carbocycles. The summed E-state index contributed by atoms with van der Waals surface area (Å²) in [6.07, 6.45) is 12.8. The summed E-state index contributed by atoms with van der Waals surface area (Å²) in [4.78, 5) is 66.7. The first-order chi connectivity index (χ1) is 27.2. The maximum atomic E-state index is 13.5. The van der Waals surface area contributed by atoms with Crippen LogP contribution in [0.1, 0.15) is 91.7 Å². The lowest BCUT2D eigenvalue weighted by atomic mass is 9.90. The number of piperazine rings is 1. The van der Waals surface area contributed by atoms with Crippen LogP contribution in [0.4, 0.5) is 11.6 Å². The molecular formula is C42H53N9O5. The number of nitrogens with zero attached hydrogens (tertiary/aromatic N) is 6. The van der Waals surface area contributed by atoms with Crippen LogP contribution in [0.25, 0.3) is 11.0 Å². The van der Waals surface area contributed by atoms with Gasteiger partial charge in [0.1, 0.15) is 23.8 Å². The molecule has 2 aromatic heterocycles. The number of anilines is 2. The number of rotatable bonds is 11. The number of imide groups is 1. The van der Waals surface area contributed by atoms with Crippen molar-refractivity contribution in [2.45, 2.75) is 83.2 Å². The predicted molar refractivity (Wildman–Crippen MR) is 215 cm³/mol. The van der Waals surface area contributed by atoms with E-state index < -0.39 is 0 Å². The van der Waals surface area contributed by atoms with Gasteiger partial charge in [-0.3, -0.25) is 38.9 Å². The average molecular weight is 764 g/mol. The van der Waals surface area contributed by atoms with Crippen LogP contribution in [0.3, 0.4) is 0 Å². The maximum absolute atomic E-state index is 13.5. The Hall–Kier alpha value is -5.08. The summed E-state index contributed by atoms with van der Waals surface area (Å²) in [5.74, 6) is 1.16. The zero-order chi connectivity index (χ0) is 38.8. The van der Waals surface area contributed by atoms with Gasteiger partial charge in [0.05, 0.1) is 18.0 Å². The van der Waals surface area contributed by atoms with Gasteiger partial charge in [-0.15, -0.1) is 0 Å². The Kier molecular flexibility index (Phi) is 11.2. The molecule has 14 nitrogen and oxygen atoms in total. The molecule has 1 aromatic carbocycles. The number of aryl methyl sites for hydroxylation is 1. The minimum absolute atomic E-state index is 0.0294. The molecule has 3 N–H and O–H groups in total. The number of amides is 2. The third-order valence-electron chi connectivity index (χ3n) is 12.4. The van der Waals surface area contributed by atoms with E-state index >= 15 is 0 Å². The van der Waals surface area contributed by atoms with E-state index in [9.17, 15) is 19.2 Å². The maximum Gasteiger partial charge on any atom is 0.263 e. The first-order valence-electron chi connectivity index (χ1n) is 20.3. The fraction of sp³-hybridized carbons (Fsp3) is 0.524. The molecule has 1 saturated carbocycles. The lowest BCUT2D eigenvalue weighted by Crippen LogP contribution is -2.53. The summed E-state index contributed by atoms with van der Waals surface area (Å²) in [5, 5.41) is 9.81. The van der Waals surface area contributed by atoms with Gasteiger partial charge < -0.3 is 20.3 Å². The van der Waals surface area contributed by atoms with Crippen LogP contribution in [-0.2, 0) is 14.3 Å². The predicted octanol–water partition coefficient (Wildman–Crippen LogP) is 3.98. The number of carbonyl (C=O) groups is 3. The fourth-order valence-electron chi connectivity index (χ4n) is 9.18. The highest BCUT2D eigenvalue weighted by Crippen LogP contribution is 2.32. The van der Waals surface area contributed by atoms with Crippen molar-refractivity contribution in [3.05, 3.63) is 81.2 Å². The Morgan fingerprint density at radius 1 is 0.929 bits per heavy atom. The Bertz CT molecular complexity index is 2090. The number of dihydropyridines is 1. The van der Waals surface area contributed by atoms with Gasteiger partial charge in [-0.25, -0.2) is 4.98 Å². The van der Waals surface area contributed by atoms with Crippen LogP contribution in [-0.4, -0.2) is 107 Å². The molecular weight excluding hydrogens is 711 g/mol.